The fourth-order valence-electron chi connectivity index (χ4n) is 0.815. The predicted molar refractivity (Wildman–Crippen MR) is 47.6 cm³/mol. The van der Waals surface area contributed by atoms with Gasteiger partial charge in [-0.1, -0.05) is 0 Å². The summed E-state index contributed by atoms with van der Waals surface area (Å²) in [5.74, 6) is -0.835. The minimum atomic E-state index is -0.727. The van der Waals surface area contributed by atoms with Crippen LogP contribution in [-0.2, 0) is 11.5 Å². The minimum absolute atomic E-state index is 0.0218. The molecule has 0 atom stereocenters. The van der Waals surface area contributed by atoms with Gasteiger partial charge in [0, 0.05) is 0 Å². The third kappa shape index (κ3) is 3.27. The van der Waals surface area contributed by atoms with Gasteiger partial charge in [0.15, 0.2) is 0 Å². The molecule has 0 aliphatic rings. The molecule has 15 heavy (non-hydrogen) atoms. The average Bonchev–Trinajstić information content (AvgIpc) is 2.68. The van der Waals surface area contributed by atoms with Crippen molar-refractivity contribution in [3.05, 3.63) is 12.2 Å². The Morgan fingerprint density at radius 2 is 2.27 bits per heavy atom. The van der Waals surface area contributed by atoms with Crippen LogP contribution in [0.1, 0.15) is 10.6 Å². The van der Waals surface area contributed by atoms with Crippen molar-refractivity contribution in [3.63, 3.8) is 0 Å². The van der Waals surface area contributed by atoms with E-state index in [1.165, 1.54) is 11.0 Å². The van der Waals surface area contributed by atoms with E-state index in [0.717, 1.165) is 0 Å². The highest BCUT2D eigenvalue weighted by Crippen LogP contribution is 1.94. The van der Waals surface area contributed by atoms with Gasteiger partial charge in [0.2, 0.25) is 5.82 Å². The molecule has 1 rings (SSSR count). The number of nitrogens with two attached hydrogens (primary N) is 1. The summed E-state index contributed by atoms with van der Waals surface area (Å²) in [6.45, 7) is -0.617. The topological polar surface area (TPSA) is 123 Å². The number of amides is 1. The van der Waals surface area contributed by atoms with Gasteiger partial charge in [0.25, 0.3) is 5.91 Å². The number of aliphatic hydroxyl groups excluding tert-OH is 2. The molecule has 0 fully saturated rings. The number of rotatable bonds is 6. The Bertz CT molecular complexity index is 323. The van der Waals surface area contributed by atoms with Gasteiger partial charge in [-0.3, -0.25) is 4.79 Å². The number of carbonyl (C=O) groups is 1. The summed E-state index contributed by atoms with van der Waals surface area (Å²) >= 11 is 0. The Kier molecular flexibility index (Phi) is 4.16. The monoisotopic (exact) mass is 216 g/mol. The first-order valence-corrected chi connectivity index (χ1v) is 4.20. The van der Waals surface area contributed by atoms with E-state index in [0.29, 0.717) is 0 Å². The number of carbonyl (C=O) groups excluding carboxylic acids is 1. The molecule has 0 radical (unpaired) electrons. The Hall–Kier alpha value is -1.51. The molecule has 1 aromatic rings. The van der Waals surface area contributed by atoms with Crippen molar-refractivity contribution in [1.82, 2.24) is 14.8 Å². The highest BCUT2D eigenvalue weighted by atomic mass is 16.5. The molecular formula is C7H12N4O4. The predicted octanol–water partition coefficient (Wildman–Crippen LogP) is -2.30. The second-order valence-electron chi connectivity index (χ2n) is 2.75. The van der Waals surface area contributed by atoms with Crippen LogP contribution < -0.4 is 5.73 Å². The molecule has 0 bridgehead atoms. The second kappa shape index (κ2) is 5.39. The summed E-state index contributed by atoms with van der Waals surface area (Å²) in [5.41, 5.74) is 4.94. The number of hydrogen-bond donors (Lipinski definition) is 3. The van der Waals surface area contributed by atoms with Crippen LogP contribution in [0.5, 0.6) is 0 Å². The molecule has 84 valence electrons. The number of nitrogens with zero attached hydrogens (tertiary/aromatic N) is 3. The van der Waals surface area contributed by atoms with E-state index >= 15 is 0 Å². The smallest absolute Gasteiger partial charge is 0.288 e. The SMILES string of the molecule is NC(=O)c1ncn(COC(CO)CO)n1. The molecule has 0 aromatic carbocycles. The summed E-state index contributed by atoms with van der Waals surface area (Å²) < 4.78 is 6.26. The van der Waals surface area contributed by atoms with Gasteiger partial charge >= 0.3 is 0 Å². The summed E-state index contributed by atoms with van der Waals surface area (Å²) in [6, 6.07) is 0. The van der Waals surface area contributed by atoms with Gasteiger partial charge in [-0.25, -0.2) is 9.67 Å². The first kappa shape index (κ1) is 11.6. The maximum atomic E-state index is 10.6. The lowest BCUT2D eigenvalue weighted by molar-refractivity contribution is -0.0536. The van der Waals surface area contributed by atoms with E-state index in [2.05, 4.69) is 10.1 Å². The van der Waals surface area contributed by atoms with Crippen molar-refractivity contribution < 1.29 is 19.7 Å². The summed E-state index contributed by atoms with van der Waals surface area (Å²) in [4.78, 5) is 14.2. The van der Waals surface area contributed by atoms with E-state index in [-0.39, 0.29) is 25.8 Å². The lowest BCUT2D eigenvalue weighted by Crippen LogP contribution is -2.23. The molecule has 1 amide bonds. The summed E-state index contributed by atoms with van der Waals surface area (Å²) in [5, 5.41) is 21.1. The minimum Gasteiger partial charge on any atom is -0.394 e. The number of aliphatic hydroxyl groups is 2. The maximum absolute atomic E-state index is 10.6. The molecule has 0 saturated carbocycles. The van der Waals surface area contributed by atoms with Gasteiger partial charge in [0.05, 0.1) is 13.2 Å². The van der Waals surface area contributed by atoms with Gasteiger partial charge in [0.1, 0.15) is 19.2 Å². The molecule has 0 spiro atoms. The van der Waals surface area contributed by atoms with Crippen LogP contribution in [0.2, 0.25) is 0 Å². The van der Waals surface area contributed by atoms with Gasteiger partial charge in [-0.15, -0.1) is 5.10 Å². The molecule has 0 unspecified atom stereocenters. The maximum Gasteiger partial charge on any atom is 0.288 e. The standard InChI is InChI=1S/C7H12N4O4/c8-6(14)7-9-3-11(10-7)4-15-5(1-12)2-13/h3,5,12-13H,1-2,4H2,(H2,8,14). The van der Waals surface area contributed by atoms with E-state index in [9.17, 15) is 4.79 Å². The average molecular weight is 216 g/mol. The van der Waals surface area contributed by atoms with E-state index < -0.39 is 12.0 Å². The molecule has 0 aliphatic carbocycles. The Labute approximate surface area is 85.3 Å². The highest BCUT2D eigenvalue weighted by Gasteiger charge is 2.09. The molecule has 0 saturated heterocycles. The number of hydrogen-bond acceptors (Lipinski definition) is 6. The van der Waals surface area contributed by atoms with Crippen LogP contribution in [-0.4, -0.2) is 50.2 Å². The largest absolute Gasteiger partial charge is 0.394 e. The highest BCUT2D eigenvalue weighted by molar-refractivity contribution is 5.88. The van der Waals surface area contributed by atoms with Crippen molar-refractivity contribution in [2.24, 2.45) is 5.73 Å². The Balaban J connectivity index is 2.47. The lowest BCUT2D eigenvalue weighted by atomic mass is 10.4. The van der Waals surface area contributed by atoms with Crippen molar-refractivity contribution >= 4 is 5.91 Å². The fourth-order valence-corrected chi connectivity index (χ4v) is 0.815. The van der Waals surface area contributed by atoms with Crippen LogP contribution >= 0.6 is 0 Å². The molecule has 1 aromatic heterocycles. The molecule has 0 aliphatic heterocycles. The van der Waals surface area contributed by atoms with Crippen LogP contribution in [0.25, 0.3) is 0 Å². The molecular weight excluding hydrogens is 204 g/mol. The fraction of sp³-hybridized carbons (Fsp3) is 0.571. The van der Waals surface area contributed by atoms with Crippen LogP contribution in [0, 0.1) is 0 Å². The molecule has 8 nitrogen and oxygen atoms in total. The third-order valence-corrected chi connectivity index (χ3v) is 1.61. The molecule has 4 N–H and O–H groups in total. The zero-order chi connectivity index (χ0) is 11.3. The van der Waals surface area contributed by atoms with Crippen LogP contribution in [0.15, 0.2) is 6.33 Å². The zero-order valence-corrected chi connectivity index (χ0v) is 7.91. The Morgan fingerprint density at radius 1 is 1.60 bits per heavy atom. The van der Waals surface area contributed by atoms with Gasteiger partial charge in [-0.2, -0.15) is 0 Å². The van der Waals surface area contributed by atoms with Gasteiger partial charge in [-0.05, 0) is 0 Å². The first-order valence-electron chi connectivity index (χ1n) is 4.20. The van der Waals surface area contributed by atoms with Crippen molar-refractivity contribution in [2.75, 3.05) is 13.2 Å². The number of primary amides is 1. The normalized spacial score (nSPS) is 10.9. The van der Waals surface area contributed by atoms with Crippen molar-refractivity contribution in [1.29, 1.82) is 0 Å². The second-order valence-corrected chi connectivity index (χ2v) is 2.75. The zero-order valence-electron chi connectivity index (χ0n) is 7.91. The van der Waals surface area contributed by atoms with E-state index in [1.54, 1.807) is 0 Å². The first-order chi connectivity index (χ1) is 7.17. The third-order valence-electron chi connectivity index (χ3n) is 1.61. The molecule has 1 heterocycles. The van der Waals surface area contributed by atoms with Crippen LogP contribution in [0.4, 0.5) is 0 Å². The quantitative estimate of drug-likeness (QED) is 0.491. The number of ether oxygens (including phenoxy) is 1. The Morgan fingerprint density at radius 3 is 2.73 bits per heavy atom. The summed E-state index contributed by atoms with van der Waals surface area (Å²) in [7, 11) is 0. The summed E-state index contributed by atoms with van der Waals surface area (Å²) in [6.07, 6.45) is 0.595. The van der Waals surface area contributed by atoms with E-state index in [1.807, 2.05) is 0 Å². The number of aromatic nitrogens is 3. The van der Waals surface area contributed by atoms with Crippen molar-refractivity contribution in [3.8, 4) is 0 Å². The molecule has 8 heteroatoms. The van der Waals surface area contributed by atoms with Crippen molar-refractivity contribution in [2.45, 2.75) is 12.8 Å². The van der Waals surface area contributed by atoms with E-state index in [4.69, 9.17) is 20.7 Å². The lowest BCUT2D eigenvalue weighted by Gasteiger charge is -2.11. The van der Waals surface area contributed by atoms with Gasteiger partial charge < -0.3 is 20.7 Å². The van der Waals surface area contributed by atoms with Crippen LogP contribution in [0.3, 0.4) is 0 Å².